The molecule has 0 radical (unpaired) electrons. The first kappa shape index (κ1) is 18.0. The number of piperidine rings is 1. The van der Waals surface area contributed by atoms with Crippen LogP contribution in [0.5, 0.6) is 0 Å². The van der Waals surface area contributed by atoms with E-state index in [1.807, 2.05) is 12.3 Å². The van der Waals surface area contributed by atoms with E-state index in [-0.39, 0.29) is 0 Å². The molecule has 0 unspecified atom stereocenters. The quantitative estimate of drug-likeness (QED) is 0.661. The molecule has 2 aromatic carbocycles. The Bertz CT molecular complexity index is 963. The Labute approximate surface area is 172 Å². The van der Waals surface area contributed by atoms with Crippen LogP contribution in [0.3, 0.4) is 0 Å². The molecule has 0 aliphatic carbocycles. The van der Waals surface area contributed by atoms with E-state index >= 15 is 0 Å². The molecule has 29 heavy (non-hydrogen) atoms. The number of hydrogen-bond acceptors (Lipinski definition) is 5. The minimum Gasteiger partial charge on any atom is -0.372 e. The summed E-state index contributed by atoms with van der Waals surface area (Å²) < 4.78 is 0. The van der Waals surface area contributed by atoms with E-state index in [2.05, 4.69) is 68.6 Å². The molecule has 5 heteroatoms. The van der Waals surface area contributed by atoms with Crippen molar-refractivity contribution in [1.82, 2.24) is 9.97 Å². The number of rotatable bonds is 4. The van der Waals surface area contributed by atoms with Crippen molar-refractivity contribution in [3.63, 3.8) is 0 Å². The first-order chi connectivity index (χ1) is 14.4. The van der Waals surface area contributed by atoms with Crippen molar-refractivity contribution >= 4 is 28.8 Å². The predicted molar refractivity (Wildman–Crippen MR) is 120 cm³/mol. The molecule has 5 rings (SSSR count). The molecular formula is C24H27N5. The lowest BCUT2D eigenvalue weighted by Gasteiger charge is -2.29. The average Bonchev–Trinajstić information content (AvgIpc) is 2.80. The number of nitrogens with zero attached hydrogens (tertiary/aromatic N) is 4. The maximum atomic E-state index is 4.80. The average molecular weight is 386 g/mol. The number of benzene rings is 2. The van der Waals surface area contributed by atoms with E-state index in [9.17, 15) is 0 Å². The van der Waals surface area contributed by atoms with Gasteiger partial charge in [-0.2, -0.15) is 4.98 Å². The highest BCUT2D eigenvalue weighted by molar-refractivity contribution is 5.66. The lowest BCUT2D eigenvalue weighted by atomic mass is 10.0. The maximum absolute atomic E-state index is 4.80. The van der Waals surface area contributed by atoms with Gasteiger partial charge in [0.2, 0.25) is 5.95 Å². The Balaban J connectivity index is 1.33. The SMILES string of the molecule is c1ccc2c(c1)CCCN2c1nccc(Nc2ccc(N3CCCCC3)cc2)n1. The van der Waals surface area contributed by atoms with Gasteiger partial charge in [0.15, 0.2) is 0 Å². The van der Waals surface area contributed by atoms with Crippen molar-refractivity contribution in [2.24, 2.45) is 0 Å². The molecule has 1 aromatic heterocycles. The molecule has 0 amide bonds. The minimum atomic E-state index is 0.757. The lowest BCUT2D eigenvalue weighted by Crippen LogP contribution is -2.29. The van der Waals surface area contributed by atoms with Crippen molar-refractivity contribution in [3.8, 4) is 0 Å². The maximum Gasteiger partial charge on any atom is 0.231 e. The molecule has 3 heterocycles. The van der Waals surface area contributed by atoms with Gasteiger partial charge in [-0.15, -0.1) is 0 Å². The molecule has 3 aromatic rings. The van der Waals surface area contributed by atoms with Gasteiger partial charge in [0.25, 0.3) is 0 Å². The van der Waals surface area contributed by atoms with Gasteiger partial charge in [0.05, 0.1) is 0 Å². The topological polar surface area (TPSA) is 44.3 Å². The van der Waals surface area contributed by atoms with Crippen LogP contribution in [0, 0.1) is 0 Å². The fourth-order valence-corrected chi connectivity index (χ4v) is 4.35. The normalized spacial score (nSPS) is 16.4. The molecule has 1 saturated heterocycles. The molecule has 2 aliphatic heterocycles. The zero-order chi connectivity index (χ0) is 19.5. The van der Waals surface area contributed by atoms with Crippen LogP contribution in [-0.2, 0) is 6.42 Å². The molecule has 1 N–H and O–H groups in total. The first-order valence-corrected chi connectivity index (χ1v) is 10.7. The predicted octanol–water partition coefficient (Wildman–Crippen LogP) is 5.29. The van der Waals surface area contributed by atoms with Crippen molar-refractivity contribution < 1.29 is 0 Å². The second-order valence-corrected chi connectivity index (χ2v) is 7.85. The second kappa shape index (κ2) is 8.11. The number of hydrogen-bond donors (Lipinski definition) is 1. The highest BCUT2D eigenvalue weighted by Crippen LogP contribution is 2.32. The second-order valence-electron chi connectivity index (χ2n) is 7.85. The number of aromatic nitrogens is 2. The monoisotopic (exact) mass is 385 g/mol. The molecule has 5 nitrogen and oxygen atoms in total. The fourth-order valence-electron chi connectivity index (χ4n) is 4.35. The van der Waals surface area contributed by atoms with Gasteiger partial charge in [-0.1, -0.05) is 18.2 Å². The van der Waals surface area contributed by atoms with E-state index < -0.39 is 0 Å². The van der Waals surface area contributed by atoms with Crippen LogP contribution in [-0.4, -0.2) is 29.6 Å². The summed E-state index contributed by atoms with van der Waals surface area (Å²) in [6, 6.07) is 19.2. The zero-order valence-corrected chi connectivity index (χ0v) is 16.7. The highest BCUT2D eigenvalue weighted by Gasteiger charge is 2.20. The lowest BCUT2D eigenvalue weighted by molar-refractivity contribution is 0.578. The standard InChI is InChI=1S/C24H27N5/c1-4-16-28(17-5-1)21-12-10-20(11-13-21)26-23-14-15-25-24(27-23)29-18-6-8-19-7-2-3-9-22(19)29/h2-3,7,9-15H,1,4-6,8,16-18H2,(H,25,26,27). The summed E-state index contributed by atoms with van der Waals surface area (Å²) in [5.41, 5.74) is 4.95. The third-order valence-corrected chi connectivity index (χ3v) is 5.86. The van der Waals surface area contributed by atoms with Crippen LogP contribution in [0.15, 0.2) is 60.8 Å². The Morgan fingerprint density at radius 3 is 2.48 bits per heavy atom. The Morgan fingerprint density at radius 2 is 1.62 bits per heavy atom. The number of fused-ring (bicyclic) bond motifs is 1. The van der Waals surface area contributed by atoms with Crippen LogP contribution in [0.4, 0.5) is 28.8 Å². The van der Waals surface area contributed by atoms with Gasteiger partial charge >= 0.3 is 0 Å². The van der Waals surface area contributed by atoms with Crippen molar-refractivity contribution in [2.75, 3.05) is 34.8 Å². The molecule has 148 valence electrons. The Hall–Kier alpha value is -3.08. The Kier molecular flexibility index (Phi) is 5.03. The molecule has 0 atom stereocenters. The van der Waals surface area contributed by atoms with E-state index in [0.717, 1.165) is 36.8 Å². The van der Waals surface area contributed by atoms with E-state index in [4.69, 9.17) is 4.98 Å². The minimum absolute atomic E-state index is 0.757. The molecule has 0 spiro atoms. The van der Waals surface area contributed by atoms with Crippen molar-refractivity contribution in [1.29, 1.82) is 0 Å². The summed E-state index contributed by atoms with van der Waals surface area (Å²) in [5.74, 6) is 1.58. The van der Waals surface area contributed by atoms with Gasteiger partial charge in [-0.25, -0.2) is 4.98 Å². The summed E-state index contributed by atoms with van der Waals surface area (Å²) in [5, 5.41) is 3.44. The molecule has 0 bridgehead atoms. The first-order valence-electron chi connectivity index (χ1n) is 10.7. The van der Waals surface area contributed by atoms with Crippen LogP contribution >= 0.6 is 0 Å². The third-order valence-electron chi connectivity index (χ3n) is 5.86. The summed E-state index contributed by atoms with van der Waals surface area (Å²) >= 11 is 0. The van der Waals surface area contributed by atoms with Crippen LogP contribution < -0.4 is 15.1 Å². The van der Waals surface area contributed by atoms with Gasteiger partial charge < -0.3 is 15.1 Å². The number of aryl methyl sites for hydroxylation is 1. The summed E-state index contributed by atoms with van der Waals surface area (Å²) in [6.07, 6.45) is 8.02. The van der Waals surface area contributed by atoms with Crippen LogP contribution in [0.1, 0.15) is 31.2 Å². The third kappa shape index (κ3) is 3.90. The smallest absolute Gasteiger partial charge is 0.231 e. The van der Waals surface area contributed by atoms with Gasteiger partial charge in [0.1, 0.15) is 5.82 Å². The summed E-state index contributed by atoms with van der Waals surface area (Å²) in [7, 11) is 0. The summed E-state index contributed by atoms with van der Waals surface area (Å²) in [6.45, 7) is 3.28. The van der Waals surface area contributed by atoms with Crippen LogP contribution in [0.25, 0.3) is 0 Å². The highest BCUT2D eigenvalue weighted by atomic mass is 15.3. The zero-order valence-electron chi connectivity index (χ0n) is 16.7. The van der Waals surface area contributed by atoms with Gasteiger partial charge in [-0.05, 0) is 74.1 Å². The number of nitrogens with one attached hydrogen (secondary N) is 1. The number of anilines is 5. The van der Waals surface area contributed by atoms with Crippen molar-refractivity contribution in [3.05, 3.63) is 66.4 Å². The number of para-hydroxylation sites is 1. The molecular weight excluding hydrogens is 358 g/mol. The molecule has 2 aliphatic rings. The van der Waals surface area contributed by atoms with Gasteiger partial charge in [-0.3, -0.25) is 0 Å². The fraction of sp³-hybridized carbons (Fsp3) is 0.333. The van der Waals surface area contributed by atoms with E-state index in [1.54, 1.807) is 0 Å². The van der Waals surface area contributed by atoms with E-state index in [1.165, 1.54) is 49.3 Å². The van der Waals surface area contributed by atoms with Gasteiger partial charge in [0, 0.05) is 42.9 Å². The Morgan fingerprint density at radius 1 is 0.793 bits per heavy atom. The molecule has 1 fully saturated rings. The molecule has 0 saturated carbocycles. The van der Waals surface area contributed by atoms with Crippen molar-refractivity contribution in [2.45, 2.75) is 32.1 Å². The summed E-state index contributed by atoms with van der Waals surface area (Å²) in [4.78, 5) is 14.0. The van der Waals surface area contributed by atoms with Crippen LogP contribution in [0.2, 0.25) is 0 Å². The largest absolute Gasteiger partial charge is 0.372 e. The van der Waals surface area contributed by atoms with E-state index in [0.29, 0.717) is 0 Å².